The number of hydrogen-bond donors (Lipinski definition) is 2. The molecule has 0 saturated heterocycles. The maximum atomic E-state index is 12.1. The lowest BCUT2D eigenvalue weighted by molar-refractivity contribution is -0.385. The SMILES string of the molecule is CC(CCc1ccccc1)NC(=O)c1ccc([N+](=O)[O-])c(O)c1. The van der Waals surface area contributed by atoms with Gasteiger partial charge in [0.25, 0.3) is 5.91 Å². The van der Waals surface area contributed by atoms with E-state index < -0.39 is 16.4 Å². The third-order valence-electron chi connectivity index (χ3n) is 3.52. The Kier molecular flexibility index (Phi) is 5.30. The topological polar surface area (TPSA) is 92.5 Å². The summed E-state index contributed by atoms with van der Waals surface area (Å²) in [6.45, 7) is 1.89. The highest BCUT2D eigenvalue weighted by Crippen LogP contribution is 2.26. The Bertz CT molecular complexity index is 701. The van der Waals surface area contributed by atoms with Gasteiger partial charge in [0, 0.05) is 17.7 Å². The van der Waals surface area contributed by atoms with Crippen LogP contribution in [-0.2, 0) is 6.42 Å². The zero-order chi connectivity index (χ0) is 16.8. The number of amides is 1. The van der Waals surface area contributed by atoms with E-state index in [1.807, 2.05) is 37.3 Å². The lowest BCUT2D eigenvalue weighted by Crippen LogP contribution is -2.32. The Morgan fingerprint density at radius 2 is 1.96 bits per heavy atom. The summed E-state index contributed by atoms with van der Waals surface area (Å²) >= 11 is 0. The summed E-state index contributed by atoms with van der Waals surface area (Å²) in [6.07, 6.45) is 1.61. The van der Waals surface area contributed by atoms with Gasteiger partial charge in [-0.25, -0.2) is 0 Å². The van der Waals surface area contributed by atoms with E-state index in [0.29, 0.717) is 0 Å². The van der Waals surface area contributed by atoms with E-state index >= 15 is 0 Å². The minimum absolute atomic E-state index is 0.0555. The summed E-state index contributed by atoms with van der Waals surface area (Å²) in [4.78, 5) is 22.1. The Hall–Kier alpha value is -2.89. The number of carbonyl (C=O) groups excluding carboxylic acids is 1. The third-order valence-corrected chi connectivity index (χ3v) is 3.52. The molecule has 1 amide bonds. The van der Waals surface area contributed by atoms with Crippen molar-refractivity contribution >= 4 is 11.6 Å². The van der Waals surface area contributed by atoms with E-state index in [4.69, 9.17) is 0 Å². The molecule has 0 fully saturated rings. The number of nitrogens with zero attached hydrogens (tertiary/aromatic N) is 1. The fourth-order valence-corrected chi connectivity index (χ4v) is 2.23. The van der Waals surface area contributed by atoms with Gasteiger partial charge >= 0.3 is 5.69 Å². The number of nitro groups is 1. The van der Waals surface area contributed by atoms with Crippen LogP contribution in [0.15, 0.2) is 48.5 Å². The van der Waals surface area contributed by atoms with Crippen molar-refractivity contribution in [3.63, 3.8) is 0 Å². The molecular weight excluding hydrogens is 296 g/mol. The highest BCUT2D eigenvalue weighted by molar-refractivity contribution is 5.95. The number of benzene rings is 2. The van der Waals surface area contributed by atoms with Crippen molar-refractivity contribution in [2.45, 2.75) is 25.8 Å². The minimum Gasteiger partial charge on any atom is -0.502 e. The van der Waals surface area contributed by atoms with Crippen LogP contribution < -0.4 is 5.32 Å². The predicted molar refractivity (Wildman–Crippen MR) is 86.5 cm³/mol. The smallest absolute Gasteiger partial charge is 0.310 e. The molecule has 0 saturated carbocycles. The van der Waals surface area contributed by atoms with Crippen molar-refractivity contribution in [2.75, 3.05) is 0 Å². The number of aryl methyl sites for hydroxylation is 1. The summed E-state index contributed by atoms with van der Waals surface area (Å²) in [5, 5.41) is 23.0. The maximum absolute atomic E-state index is 12.1. The molecule has 2 rings (SSSR count). The first kappa shape index (κ1) is 16.5. The number of phenols is 1. The minimum atomic E-state index is -0.695. The Labute approximate surface area is 133 Å². The van der Waals surface area contributed by atoms with E-state index in [-0.39, 0.29) is 17.5 Å². The van der Waals surface area contributed by atoms with Gasteiger partial charge in [0.05, 0.1) is 4.92 Å². The van der Waals surface area contributed by atoms with Crippen LogP contribution in [0.2, 0.25) is 0 Å². The fourth-order valence-electron chi connectivity index (χ4n) is 2.23. The van der Waals surface area contributed by atoms with Crippen LogP contribution in [0.3, 0.4) is 0 Å². The fraction of sp³-hybridized carbons (Fsp3) is 0.235. The summed E-state index contributed by atoms with van der Waals surface area (Å²) in [6, 6.07) is 13.5. The molecule has 0 aliphatic carbocycles. The Balaban J connectivity index is 1.93. The van der Waals surface area contributed by atoms with E-state index in [9.17, 15) is 20.0 Å². The number of hydrogen-bond acceptors (Lipinski definition) is 4. The molecule has 0 spiro atoms. The first-order valence-corrected chi connectivity index (χ1v) is 7.29. The van der Waals surface area contributed by atoms with E-state index in [2.05, 4.69) is 5.32 Å². The largest absolute Gasteiger partial charge is 0.502 e. The van der Waals surface area contributed by atoms with Crippen molar-refractivity contribution in [1.82, 2.24) is 5.32 Å². The zero-order valence-corrected chi connectivity index (χ0v) is 12.7. The highest BCUT2D eigenvalue weighted by atomic mass is 16.6. The van der Waals surface area contributed by atoms with Gasteiger partial charge in [-0.1, -0.05) is 30.3 Å². The number of carbonyl (C=O) groups is 1. The molecule has 0 bridgehead atoms. The monoisotopic (exact) mass is 314 g/mol. The molecule has 23 heavy (non-hydrogen) atoms. The van der Waals surface area contributed by atoms with Crippen LogP contribution in [0.25, 0.3) is 0 Å². The highest BCUT2D eigenvalue weighted by Gasteiger charge is 2.17. The number of nitrogens with one attached hydrogen (secondary N) is 1. The molecule has 2 aromatic rings. The van der Waals surface area contributed by atoms with Crippen LogP contribution in [0.4, 0.5) is 5.69 Å². The Morgan fingerprint density at radius 1 is 1.26 bits per heavy atom. The van der Waals surface area contributed by atoms with Gasteiger partial charge < -0.3 is 10.4 Å². The number of phenolic OH excluding ortho intramolecular Hbond substituents is 1. The average molecular weight is 314 g/mol. The van der Waals surface area contributed by atoms with Crippen LogP contribution in [0.1, 0.15) is 29.3 Å². The molecule has 0 radical (unpaired) electrons. The van der Waals surface area contributed by atoms with Gasteiger partial charge in [0.2, 0.25) is 0 Å². The van der Waals surface area contributed by atoms with E-state index in [0.717, 1.165) is 25.0 Å². The first-order valence-electron chi connectivity index (χ1n) is 7.29. The molecule has 0 heterocycles. The molecule has 1 atom stereocenters. The lowest BCUT2D eigenvalue weighted by atomic mass is 10.1. The molecule has 6 nitrogen and oxygen atoms in total. The first-order chi connectivity index (χ1) is 11.0. The molecule has 0 aliphatic rings. The van der Waals surface area contributed by atoms with Crippen LogP contribution in [0, 0.1) is 10.1 Å². The normalized spacial score (nSPS) is 11.7. The van der Waals surface area contributed by atoms with Crippen LogP contribution in [-0.4, -0.2) is 22.0 Å². The second-order valence-corrected chi connectivity index (χ2v) is 5.36. The number of aromatic hydroxyl groups is 1. The molecule has 2 aromatic carbocycles. The van der Waals surface area contributed by atoms with Crippen LogP contribution >= 0.6 is 0 Å². The van der Waals surface area contributed by atoms with E-state index in [1.165, 1.54) is 11.6 Å². The predicted octanol–water partition coefficient (Wildman–Crippen LogP) is 3.05. The summed E-state index contributed by atoms with van der Waals surface area (Å²) in [5.74, 6) is -0.879. The quantitative estimate of drug-likeness (QED) is 0.633. The molecule has 0 aliphatic heterocycles. The molecule has 6 heteroatoms. The van der Waals surface area contributed by atoms with E-state index in [1.54, 1.807) is 0 Å². The van der Waals surface area contributed by atoms with Gasteiger partial charge in [-0.15, -0.1) is 0 Å². The second-order valence-electron chi connectivity index (χ2n) is 5.36. The van der Waals surface area contributed by atoms with Crippen molar-refractivity contribution in [1.29, 1.82) is 0 Å². The van der Waals surface area contributed by atoms with Gasteiger partial charge in [-0.05, 0) is 37.5 Å². The zero-order valence-electron chi connectivity index (χ0n) is 12.7. The summed E-state index contributed by atoms with van der Waals surface area (Å²) in [5.41, 5.74) is 0.972. The van der Waals surface area contributed by atoms with Crippen molar-refractivity contribution in [3.05, 3.63) is 69.8 Å². The van der Waals surface area contributed by atoms with Gasteiger partial charge in [-0.3, -0.25) is 14.9 Å². The molecule has 120 valence electrons. The standard InChI is InChI=1S/C17H18N2O4/c1-12(7-8-13-5-3-2-4-6-13)18-17(21)14-9-10-15(19(22)23)16(20)11-14/h2-6,9-12,20H,7-8H2,1H3,(H,18,21). The summed E-state index contributed by atoms with van der Waals surface area (Å²) < 4.78 is 0. The third kappa shape index (κ3) is 4.54. The van der Waals surface area contributed by atoms with Gasteiger partial charge in [0.1, 0.15) is 0 Å². The average Bonchev–Trinajstić information content (AvgIpc) is 2.53. The number of nitro benzene ring substituents is 1. The second kappa shape index (κ2) is 7.40. The molecule has 2 N–H and O–H groups in total. The van der Waals surface area contributed by atoms with Crippen molar-refractivity contribution in [2.24, 2.45) is 0 Å². The van der Waals surface area contributed by atoms with Crippen molar-refractivity contribution < 1.29 is 14.8 Å². The Morgan fingerprint density at radius 3 is 2.57 bits per heavy atom. The van der Waals surface area contributed by atoms with Gasteiger partial charge in [-0.2, -0.15) is 0 Å². The lowest BCUT2D eigenvalue weighted by Gasteiger charge is -2.14. The van der Waals surface area contributed by atoms with Crippen molar-refractivity contribution in [3.8, 4) is 5.75 Å². The molecular formula is C17H18N2O4. The molecule has 1 unspecified atom stereocenters. The number of rotatable bonds is 6. The summed E-state index contributed by atoms with van der Waals surface area (Å²) in [7, 11) is 0. The maximum Gasteiger partial charge on any atom is 0.310 e. The van der Waals surface area contributed by atoms with Gasteiger partial charge in [0.15, 0.2) is 5.75 Å². The van der Waals surface area contributed by atoms with Crippen LogP contribution in [0.5, 0.6) is 5.75 Å². The molecule has 0 aromatic heterocycles.